The van der Waals surface area contributed by atoms with Gasteiger partial charge in [-0.2, -0.15) is 4.37 Å². The van der Waals surface area contributed by atoms with Crippen molar-refractivity contribution < 1.29 is 4.74 Å². The highest BCUT2D eigenvalue weighted by molar-refractivity contribution is 7.11. The maximum atomic E-state index is 5.94. The summed E-state index contributed by atoms with van der Waals surface area (Å²) in [7, 11) is 0. The maximum Gasteiger partial charge on any atom is 0.198 e. The number of ether oxygens (including phenoxy) is 1. The standard InChI is InChI=1S/C13H21N3OS/c1-8(2)17-11-12(14)15-18-13(11)16(10-5-6-10)7-9-3-4-9/h8-10H,3-7H2,1-2H3,(H2,14,15). The average Bonchev–Trinajstić information content (AvgIpc) is 3.19. The van der Waals surface area contributed by atoms with Crippen LogP contribution in [0.5, 0.6) is 5.75 Å². The number of aromatic nitrogens is 1. The monoisotopic (exact) mass is 267 g/mol. The Balaban J connectivity index is 1.83. The molecule has 18 heavy (non-hydrogen) atoms. The summed E-state index contributed by atoms with van der Waals surface area (Å²) in [6, 6.07) is 0.694. The number of rotatable bonds is 6. The van der Waals surface area contributed by atoms with Crippen LogP contribution in [0.25, 0.3) is 0 Å². The lowest BCUT2D eigenvalue weighted by molar-refractivity contribution is 0.244. The van der Waals surface area contributed by atoms with Crippen molar-refractivity contribution in [2.24, 2.45) is 5.92 Å². The van der Waals surface area contributed by atoms with Gasteiger partial charge in [0.25, 0.3) is 0 Å². The minimum Gasteiger partial charge on any atom is -0.484 e. The van der Waals surface area contributed by atoms with Gasteiger partial charge in [-0.25, -0.2) is 0 Å². The van der Waals surface area contributed by atoms with E-state index in [1.165, 1.54) is 37.2 Å². The van der Waals surface area contributed by atoms with E-state index in [-0.39, 0.29) is 6.10 Å². The molecule has 0 aromatic carbocycles. The normalized spacial score (nSPS) is 19.3. The Morgan fingerprint density at radius 3 is 2.67 bits per heavy atom. The first-order chi connectivity index (χ1) is 8.65. The lowest BCUT2D eigenvalue weighted by Gasteiger charge is -2.24. The molecule has 0 radical (unpaired) electrons. The Hall–Kier alpha value is -0.970. The predicted molar refractivity (Wildman–Crippen MR) is 75.4 cm³/mol. The molecule has 3 rings (SSSR count). The Labute approximate surface area is 112 Å². The first-order valence-electron chi connectivity index (χ1n) is 6.83. The minimum absolute atomic E-state index is 0.143. The first kappa shape index (κ1) is 12.1. The molecular formula is C13H21N3OS. The van der Waals surface area contributed by atoms with Gasteiger partial charge in [-0.15, -0.1) is 0 Å². The molecule has 2 aliphatic rings. The predicted octanol–water partition coefficient (Wildman–Crippen LogP) is 2.89. The van der Waals surface area contributed by atoms with Crippen LogP contribution in [0.4, 0.5) is 10.8 Å². The lowest BCUT2D eigenvalue weighted by Crippen LogP contribution is -2.28. The van der Waals surface area contributed by atoms with Crippen LogP contribution in [0, 0.1) is 5.92 Å². The number of hydrogen-bond acceptors (Lipinski definition) is 5. The molecule has 1 heterocycles. The zero-order valence-corrected chi connectivity index (χ0v) is 11.9. The van der Waals surface area contributed by atoms with Gasteiger partial charge in [0.15, 0.2) is 16.6 Å². The van der Waals surface area contributed by atoms with Gasteiger partial charge in [0.2, 0.25) is 0 Å². The van der Waals surface area contributed by atoms with Crippen LogP contribution in [0.3, 0.4) is 0 Å². The molecule has 0 saturated heterocycles. The molecular weight excluding hydrogens is 246 g/mol. The molecule has 2 fully saturated rings. The van der Waals surface area contributed by atoms with Gasteiger partial charge in [0.05, 0.1) is 6.10 Å². The minimum atomic E-state index is 0.143. The van der Waals surface area contributed by atoms with Gasteiger partial charge in [-0.05, 0) is 57.0 Å². The molecule has 2 N–H and O–H groups in total. The molecule has 0 amide bonds. The molecule has 0 atom stereocenters. The SMILES string of the molecule is CC(C)Oc1c(N)nsc1N(CC1CC1)C1CC1. The van der Waals surface area contributed by atoms with Crippen LogP contribution in [0.15, 0.2) is 0 Å². The number of hydrogen-bond donors (Lipinski definition) is 1. The van der Waals surface area contributed by atoms with Crippen molar-refractivity contribution in [2.45, 2.75) is 51.7 Å². The van der Waals surface area contributed by atoms with E-state index in [1.54, 1.807) is 0 Å². The molecule has 0 unspecified atom stereocenters. The Morgan fingerprint density at radius 2 is 2.11 bits per heavy atom. The van der Waals surface area contributed by atoms with E-state index in [0.29, 0.717) is 11.9 Å². The molecule has 100 valence electrons. The van der Waals surface area contributed by atoms with Crippen molar-refractivity contribution in [3.8, 4) is 5.75 Å². The average molecular weight is 267 g/mol. The van der Waals surface area contributed by atoms with Crippen molar-refractivity contribution in [1.29, 1.82) is 0 Å². The van der Waals surface area contributed by atoms with Gasteiger partial charge in [0.1, 0.15) is 0 Å². The van der Waals surface area contributed by atoms with Crippen molar-refractivity contribution >= 4 is 22.4 Å². The quantitative estimate of drug-likeness (QED) is 0.861. The van der Waals surface area contributed by atoms with Gasteiger partial charge < -0.3 is 15.4 Å². The molecule has 4 nitrogen and oxygen atoms in total. The van der Waals surface area contributed by atoms with Crippen molar-refractivity contribution in [1.82, 2.24) is 4.37 Å². The van der Waals surface area contributed by atoms with Gasteiger partial charge in [-0.3, -0.25) is 0 Å². The second-order valence-corrected chi connectivity index (χ2v) is 6.45. The third kappa shape index (κ3) is 2.55. The maximum absolute atomic E-state index is 5.94. The smallest absolute Gasteiger partial charge is 0.198 e. The van der Waals surface area contributed by atoms with Crippen LogP contribution < -0.4 is 15.4 Å². The summed E-state index contributed by atoms with van der Waals surface area (Å²) in [4.78, 5) is 2.49. The summed E-state index contributed by atoms with van der Waals surface area (Å²) < 4.78 is 10.1. The number of nitrogen functional groups attached to an aromatic ring is 1. The molecule has 0 aliphatic heterocycles. The molecule has 2 saturated carbocycles. The van der Waals surface area contributed by atoms with Crippen LogP contribution in [-0.4, -0.2) is 23.1 Å². The number of anilines is 2. The van der Waals surface area contributed by atoms with Crippen molar-refractivity contribution in [2.75, 3.05) is 17.2 Å². The third-order valence-electron chi connectivity index (χ3n) is 3.41. The van der Waals surface area contributed by atoms with Crippen LogP contribution in [0.2, 0.25) is 0 Å². The summed E-state index contributed by atoms with van der Waals surface area (Å²) in [5.41, 5.74) is 5.94. The highest BCUT2D eigenvalue weighted by Crippen LogP contribution is 2.45. The summed E-state index contributed by atoms with van der Waals surface area (Å²) in [5, 5.41) is 1.15. The molecule has 2 aliphatic carbocycles. The molecule has 1 aromatic rings. The first-order valence-corrected chi connectivity index (χ1v) is 7.61. The van der Waals surface area contributed by atoms with E-state index >= 15 is 0 Å². The van der Waals surface area contributed by atoms with E-state index in [9.17, 15) is 0 Å². The van der Waals surface area contributed by atoms with Crippen molar-refractivity contribution in [3.05, 3.63) is 0 Å². The second kappa shape index (κ2) is 4.61. The van der Waals surface area contributed by atoms with Crippen LogP contribution in [0.1, 0.15) is 39.5 Å². The Morgan fingerprint density at radius 1 is 1.39 bits per heavy atom. The topological polar surface area (TPSA) is 51.4 Å². The summed E-state index contributed by atoms with van der Waals surface area (Å²) in [6.07, 6.45) is 5.48. The van der Waals surface area contributed by atoms with E-state index < -0.39 is 0 Å². The number of nitrogens with zero attached hydrogens (tertiary/aromatic N) is 2. The largest absolute Gasteiger partial charge is 0.484 e. The third-order valence-corrected chi connectivity index (χ3v) is 4.29. The zero-order chi connectivity index (χ0) is 12.7. The van der Waals surface area contributed by atoms with Gasteiger partial charge >= 0.3 is 0 Å². The van der Waals surface area contributed by atoms with E-state index in [4.69, 9.17) is 10.5 Å². The Bertz CT molecular complexity index is 424. The fourth-order valence-corrected chi connectivity index (χ4v) is 3.01. The van der Waals surface area contributed by atoms with E-state index in [1.807, 2.05) is 13.8 Å². The Kier molecular flexibility index (Phi) is 3.09. The summed E-state index contributed by atoms with van der Waals surface area (Å²) in [5.74, 6) is 2.23. The zero-order valence-electron chi connectivity index (χ0n) is 11.1. The highest BCUT2D eigenvalue weighted by Gasteiger charge is 2.36. The molecule has 5 heteroatoms. The fraction of sp³-hybridized carbons (Fsp3) is 0.769. The van der Waals surface area contributed by atoms with Crippen LogP contribution in [-0.2, 0) is 0 Å². The molecule has 1 aromatic heterocycles. The lowest BCUT2D eigenvalue weighted by atomic mass is 10.3. The van der Waals surface area contributed by atoms with Crippen molar-refractivity contribution in [3.63, 3.8) is 0 Å². The second-order valence-electron chi connectivity index (χ2n) is 5.70. The molecule has 0 bridgehead atoms. The molecule has 0 spiro atoms. The summed E-state index contributed by atoms with van der Waals surface area (Å²) in [6.45, 7) is 5.22. The highest BCUT2D eigenvalue weighted by atomic mass is 32.1. The van der Waals surface area contributed by atoms with Gasteiger partial charge in [0, 0.05) is 12.6 Å². The van der Waals surface area contributed by atoms with Crippen LogP contribution >= 0.6 is 11.5 Å². The number of nitrogens with two attached hydrogens (primary N) is 1. The van der Waals surface area contributed by atoms with Gasteiger partial charge in [-0.1, -0.05) is 0 Å². The van der Waals surface area contributed by atoms with E-state index in [0.717, 1.165) is 23.2 Å². The summed E-state index contributed by atoms with van der Waals surface area (Å²) >= 11 is 1.49. The van der Waals surface area contributed by atoms with E-state index in [2.05, 4.69) is 9.27 Å². The fourth-order valence-electron chi connectivity index (χ4n) is 2.18.